The predicted molar refractivity (Wildman–Crippen MR) is 125 cm³/mol. The first-order valence-electron chi connectivity index (χ1n) is 10.9. The smallest absolute Gasteiger partial charge is 0.406 e. The van der Waals surface area contributed by atoms with Gasteiger partial charge in [0.05, 0.1) is 6.54 Å². The van der Waals surface area contributed by atoms with Gasteiger partial charge in [0.25, 0.3) is 11.5 Å². The number of nitrogens with zero attached hydrogens (tertiary/aromatic N) is 4. The molecule has 1 aliphatic rings. The van der Waals surface area contributed by atoms with E-state index in [1.54, 1.807) is 0 Å². The summed E-state index contributed by atoms with van der Waals surface area (Å²) in [5.74, 6) is -1.00. The Balaban J connectivity index is 1.45. The summed E-state index contributed by atoms with van der Waals surface area (Å²) in [5.41, 5.74) is 1.82. The molecule has 0 spiro atoms. The molecule has 2 aromatic carbocycles. The molecule has 1 aliphatic heterocycles. The van der Waals surface area contributed by atoms with Gasteiger partial charge in [-0.15, -0.1) is 13.2 Å². The molecule has 1 amide bonds. The number of rotatable bonds is 6. The molecule has 8 nitrogen and oxygen atoms in total. The minimum absolute atomic E-state index is 0.00422. The zero-order chi connectivity index (χ0) is 25.0. The average molecular weight is 487 g/mol. The van der Waals surface area contributed by atoms with Crippen LogP contribution < -0.4 is 20.5 Å². The molecular formula is C24H24F3N5O3. The number of piperazine rings is 1. The Morgan fingerprint density at radius 1 is 1.03 bits per heavy atom. The number of likely N-dealkylation sites (N-methyl/N-ethyl adjacent to an activating group) is 1. The maximum absolute atomic E-state index is 12.6. The number of halogens is 3. The zero-order valence-corrected chi connectivity index (χ0v) is 19.0. The van der Waals surface area contributed by atoms with Gasteiger partial charge in [-0.1, -0.05) is 12.1 Å². The molecule has 1 aromatic heterocycles. The number of amides is 1. The fourth-order valence-electron chi connectivity index (χ4n) is 3.71. The van der Waals surface area contributed by atoms with E-state index in [1.165, 1.54) is 28.9 Å². The van der Waals surface area contributed by atoms with Crippen LogP contribution >= 0.6 is 0 Å². The SMILES string of the molecule is CN1CCN(c2cccc(Cn3nc(C(=O)Nc4ccc(OC(F)(F)F)cc4)ccc3=O)c2)CC1. The minimum atomic E-state index is -4.80. The molecule has 0 saturated carbocycles. The number of hydrogen-bond acceptors (Lipinski definition) is 6. The van der Waals surface area contributed by atoms with Gasteiger partial charge in [-0.3, -0.25) is 9.59 Å². The van der Waals surface area contributed by atoms with Crippen molar-refractivity contribution in [3.05, 3.63) is 82.3 Å². The lowest BCUT2D eigenvalue weighted by Crippen LogP contribution is -2.44. The second-order valence-corrected chi connectivity index (χ2v) is 8.20. The first kappa shape index (κ1) is 24.3. The molecule has 4 rings (SSSR count). The summed E-state index contributed by atoms with van der Waals surface area (Å²) < 4.78 is 41.9. The monoisotopic (exact) mass is 487 g/mol. The highest BCUT2D eigenvalue weighted by Crippen LogP contribution is 2.24. The van der Waals surface area contributed by atoms with E-state index in [9.17, 15) is 22.8 Å². The van der Waals surface area contributed by atoms with E-state index in [2.05, 4.69) is 32.0 Å². The quantitative estimate of drug-likeness (QED) is 0.576. The van der Waals surface area contributed by atoms with Gasteiger partial charge in [-0.2, -0.15) is 5.10 Å². The number of carbonyl (C=O) groups is 1. The van der Waals surface area contributed by atoms with E-state index < -0.39 is 18.0 Å². The van der Waals surface area contributed by atoms with E-state index in [-0.39, 0.29) is 23.5 Å². The third-order valence-electron chi connectivity index (χ3n) is 5.56. The lowest BCUT2D eigenvalue weighted by Gasteiger charge is -2.34. The normalized spacial score (nSPS) is 14.6. The number of hydrogen-bond donors (Lipinski definition) is 1. The topological polar surface area (TPSA) is 79.7 Å². The molecular weight excluding hydrogens is 463 g/mol. The molecule has 0 radical (unpaired) electrons. The second-order valence-electron chi connectivity index (χ2n) is 8.20. The lowest BCUT2D eigenvalue weighted by molar-refractivity contribution is -0.274. The van der Waals surface area contributed by atoms with Gasteiger partial charge in [-0.05, 0) is 55.1 Å². The highest BCUT2D eigenvalue weighted by Gasteiger charge is 2.31. The molecule has 1 N–H and O–H groups in total. The number of alkyl halides is 3. The lowest BCUT2D eigenvalue weighted by atomic mass is 10.1. The van der Waals surface area contributed by atoms with Gasteiger partial charge in [0.2, 0.25) is 0 Å². The van der Waals surface area contributed by atoms with Crippen molar-refractivity contribution in [1.29, 1.82) is 0 Å². The number of anilines is 2. The van der Waals surface area contributed by atoms with Gasteiger partial charge in [0, 0.05) is 43.6 Å². The summed E-state index contributed by atoms with van der Waals surface area (Å²) in [4.78, 5) is 29.6. The van der Waals surface area contributed by atoms with Crippen LogP contribution in [-0.4, -0.2) is 60.2 Å². The van der Waals surface area contributed by atoms with Crippen LogP contribution in [0.2, 0.25) is 0 Å². The predicted octanol–water partition coefficient (Wildman–Crippen LogP) is 3.19. The summed E-state index contributed by atoms with van der Waals surface area (Å²) in [5, 5.41) is 6.73. The number of carbonyl (C=O) groups excluding carboxylic acids is 1. The Morgan fingerprint density at radius 2 is 1.74 bits per heavy atom. The van der Waals surface area contributed by atoms with Crippen LogP contribution in [0, 0.1) is 0 Å². The van der Waals surface area contributed by atoms with E-state index >= 15 is 0 Å². The Bertz CT molecular complexity index is 1240. The van der Waals surface area contributed by atoms with Crippen molar-refractivity contribution in [3.63, 3.8) is 0 Å². The average Bonchev–Trinajstić information content (AvgIpc) is 2.81. The number of benzene rings is 2. The molecule has 0 atom stereocenters. The van der Waals surface area contributed by atoms with Crippen molar-refractivity contribution >= 4 is 17.3 Å². The van der Waals surface area contributed by atoms with Crippen LogP contribution in [0.5, 0.6) is 5.75 Å². The summed E-state index contributed by atoms with van der Waals surface area (Å²) >= 11 is 0. The number of nitrogens with one attached hydrogen (secondary N) is 1. The van der Waals surface area contributed by atoms with Crippen LogP contribution in [-0.2, 0) is 6.54 Å². The largest absolute Gasteiger partial charge is 0.573 e. The summed E-state index contributed by atoms with van der Waals surface area (Å²) in [6, 6.07) is 15.1. The van der Waals surface area contributed by atoms with Gasteiger partial charge in [0.15, 0.2) is 0 Å². The number of aromatic nitrogens is 2. The minimum Gasteiger partial charge on any atom is -0.406 e. The Morgan fingerprint density at radius 3 is 2.43 bits per heavy atom. The van der Waals surface area contributed by atoms with Crippen molar-refractivity contribution in [2.75, 3.05) is 43.4 Å². The van der Waals surface area contributed by atoms with Crippen molar-refractivity contribution in [1.82, 2.24) is 14.7 Å². The standard InChI is InChI=1S/C24H24F3N5O3/c1-30-11-13-31(14-12-30)19-4-2-3-17(15-19)16-32-22(33)10-9-21(29-32)23(34)28-18-5-7-20(8-6-18)35-24(25,26)27/h2-10,15H,11-14,16H2,1H3,(H,28,34). The van der Waals surface area contributed by atoms with Crippen molar-refractivity contribution in [3.8, 4) is 5.75 Å². The molecule has 0 unspecified atom stereocenters. The van der Waals surface area contributed by atoms with E-state index in [0.717, 1.165) is 49.6 Å². The van der Waals surface area contributed by atoms with Crippen molar-refractivity contribution in [2.45, 2.75) is 12.9 Å². The third-order valence-corrected chi connectivity index (χ3v) is 5.56. The van der Waals surface area contributed by atoms with Gasteiger partial charge in [-0.25, -0.2) is 4.68 Å². The molecule has 2 heterocycles. The molecule has 184 valence electrons. The zero-order valence-electron chi connectivity index (χ0n) is 19.0. The Kier molecular flexibility index (Phi) is 7.06. The first-order valence-corrected chi connectivity index (χ1v) is 10.9. The summed E-state index contributed by atoms with van der Waals surface area (Å²) in [6.07, 6.45) is -4.80. The molecule has 3 aromatic rings. The Hall–Kier alpha value is -3.86. The van der Waals surface area contributed by atoms with Crippen LogP contribution in [0.1, 0.15) is 16.1 Å². The van der Waals surface area contributed by atoms with Gasteiger partial charge in [0.1, 0.15) is 11.4 Å². The molecule has 1 saturated heterocycles. The highest BCUT2D eigenvalue weighted by atomic mass is 19.4. The van der Waals surface area contributed by atoms with Crippen molar-refractivity contribution < 1.29 is 22.7 Å². The van der Waals surface area contributed by atoms with Crippen LogP contribution in [0.4, 0.5) is 24.5 Å². The number of ether oxygens (including phenoxy) is 1. The summed E-state index contributed by atoms with van der Waals surface area (Å²) in [7, 11) is 2.09. The van der Waals surface area contributed by atoms with Crippen LogP contribution in [0.25, 0.3) is 0 Å². The van der Waals surface area contributed by atoms with E-state index in [4.69, 9.17) is 0 Å². The second kappa shape index (κ2) is 10.2. The third kappa shape index (κ3) is 6.60. The van der Waals surface area contributed by atoms with Crippen molar-refractivity contribution in [2.24, 2.45) is 0 Å². The fourth-order valence-corrected chi connectivity index (χ4v) is 3.71. The fraction of sp³-hybridized carbons (Fsp3) is 0.292. The van der Waals surface area contributed by atoms with E-state index in [1.807, 2.05) is 24.3 Å². The van der Waals surface area contributed by atoms with E-state index in [0.29, 0.717) is 0 Å². The molecule has 0 bridgehead atoms. The molecule has 35 heavy (non-hydrogen) atoms. The molecule has 11 heteroatoms. The van der Waals surface area contributed by atoms with Crippen LogP contribution in [0.3, 0.4) is 0 Å². The molecule has 0 aliphatic carbocycles. The Labute approximate surface area is 199 Å². The molecule has 1 fully saturated rings. The maximum Gasteiger partial charge on any atom is 0.573 e. The van der Waals surface area contributed by atoms with Crippen LogP contribution in [0.15, 0.2) is 65.5 Å². The highest BCUT2D eigenvalue weighted by molar-refractivity contribution is 6.02. The maximum atomic E-state index is 12.6. The van der Waals surface area contributed by atoms with Gasteiger partial charge >= 0.3 is 6.36 Å². The first-order chi connectivity index (χ1) is 16.7. The summed E-state index contributed by atoms with van der Waals surface area (Å²) in [6.45, 7) is 3.96. The van der Waals surface area contributed by atoms with Gasteiger partial charge < -0.3 is 19.9 Å².